The molecule has 1 heterocycles. The zero-order valence-corrected chi connectivity index (χ0v) is 12.9. The van der Waals surface area contributed by atoms with Crippen molar-refractivity contribution in [2.24, 2.45) is 0 Å². The number of anilines is 1. The van der Waals surface area contributed by atoms with Gasteiger partial charge in [-0.3, -0.25) is 9.59 Å². The van der Waals surface area contributed by atoms with Crippen LogP contribution in [-0.2, 0) is 22.6 Å². The number of nitrogens with zero attached hydrogens (tertiary/aromatic N) is 1. The van der Waals surface area contributed by atoms with Crippen LogP contribution >= 0.6 is 0 Å². The largest absolute Gasteiger partial charge is 0.352 e. The van der Waals surface area contributed by atoms with E-state index in [1.54, 1.807) is 0 Å². The smallest absolute Gasteiger partial charge is 0.226 e. The summed E-state index contributed by atoms with van der Waals surface area (Å²) >= 11 is 0. The Kier molecular flexibility index (Phi) is 5.37. The average Bonchev–Trinajstić information content (AvgIpc) is 2.93. The van der Waals surface area contributed by atoms with E-state index in [0.717, 1.165) is 37.1 Å². The summed E-state index contributed by atoms with van der Waals surface area (Å²) in [6.07, 6.45) is 4.01. The van der Waals surface area contributed by atoms with Gasteiger partial charge in [0.25, 0.3) is 0 Å². The second-order valence-corrected chi connectivity index (χ2v) is 5.49. The average molecular weight is 288 g/mol. The van der Waals surface area contributed by atoms with E-state index in [1.165, 1.54) is 5.56 Å². The third-order valence-electron chi connectivity index (χ3n) is 3.89. The van der Waals surface area contributed by atoms with Crippen LogP contribution in [0.15, 0.2) is 18.2 Å². The maximum Gasteiger partial charge on any atom is 0.226 e. The molecule has 0 fully saturated rings. The van der Waals surface area contributed by atoms with Gasteiger partial charge in [0.05, 0.1) is 0 Å². The second kappa shape index (κ2) is 7.25. The van der Waals surface area contributed by atoms with Crippen molar-refractivity contribution >= 4 is 17.5 Å². The molecule has 4 nitrogen and oxygen atoms in total. The van der Waals surface area contributed by atoms with E-state index in [9.17, 15) is 9.59 Å². The molecule has 0 spiro atoms. The molecule has 1 aliphatic rings. The fraction of sp³-hybridized carbons (Fsp3) is 0.529. The molecule has 0 bridgehead atoms. The molecule has 0 aromatic heterocycles. The maximum absolute atomic E-state index is 11.8. The maximum atomic E-state index is 11.8. The Hall–Kier alpha value is -1.84. The number of rotatable bonds is 6. The van der Waals surface area contributed by atoms with E-state index >= 15 is 0 Å². The topological polar surface area (TPSA) is 49.4 Å². The molecule has 0 saturated heterocycles. The third kappa shape index (κ3) is 3.84. The molecule has 2 amide bonds. The van der Waals surface area contributed by atoms with Crippen molar-refractivity contribution in [3.05, 3.63) is 29.3 Å². The van der Waals surface area contributed by atoms with Crippen molar-refractivity contribution < 1.29 is 9.59 Å². The Bertz CT molecular complexity index is 526. The molecular weight excluding hydrogens is 264 g/mol. The van der Waals surface area contributed by atoms with E-state index in [0.29, 0.717) is 19.4 Å². The molecule has 1 aromatic rings. The molecule has 0 unspecified atom stereocenters. The van der Waals surface area contributed by atoms with E-state index in [2.05, 4.69) is 18.3 Å². The molecule has 0 radical (unpaired) electrons. The Morgan fingerprint density at radius 2 is 2.10 bits per heavy atom. The van der Waals surface area contributed by atoms with Crippen LogP contribution in [0.25, 0.3) is 0 Å². The summed E-state index contributed by atoms with van der Waals surface area (Å²) in [4.78, 5) is 25.3. The van der Waals surface area contributed by atoms with Crippen LogP contribution < -0.4 is 10.2 Å². The van der Waals surface area contributed by atoms with Gasteiger partial charge in [-0.1, -0.05) is 32.4 Å². The second-order valence-electron chi connectivity index (χ2n) is 5.49. The van der Waals surface area contributed by atoms with Gasteiger partial charge in [0, 0.05) is 31.6 Å². The fourth-order valence-corrected chi connectivity index (χ4v) is 2.64. The number of benzene rings is 1. The minimum atomic E-state index is 0.111. The van der Waals surface area contributed by atoms with Gasteiger partial charge in [-0.2, -0.15) is 0 Å². The van der Waals surface area contributed by atoms with Crippen LogP contribution in [0, 0.1) is 0 Å². The lowest BCUT2D eigenvalue weighted by Crippen LogP contribution is -2.27. The standard InChI is InChI=1S/C17H24N2O2/c1-3-5-6-16(20)18-12-13-7-8-15-14(11-13)9-10-19(15)17(21)4-2/h7-8,11H,3-6,9-10,12H2,1-2H3,(H,18,20). The van der Waals surface area contributed by atoms with Crippen molar-refractivity contribution in [1.29, 1.82) is 0 Å². The molecule has 0 saturated carbocycles. The predicted octanol–water partition coefficient (Wildman–Crippen LogP) is 2.79. The van der Waals surface area contributed by atoms with Gasteiger partial charge in [0.2, 0.25) is 11.8 Å². The van der Waals surface area contributed by atoms with Gasteiger partial charge >= 0.3 is 0 Å². The Morgan fingerprint density at radius 3 is 2.81 bits per heavy atom. The van der Waals surface area contributed by atoms with Gasteiger partial charge in [-0.05, 0) is 30.0 Å². The van der Waals surface area contributed by atoms with Crippen LogP contribution in [0.3, 0.4) is 0 Å². The lowest BCUT2D eigenvalue weighted by molar-refractivity contribution is -0.121. The fourth-order valence-electron chi connectivity index (χ4n) is 2.64. The minimum Gasteiger partial charge on any atom is -0.352 e. The summed E-state index contributed by atoms with van der Waals surface area (Å²) in [7, 11) is 0. The first-order valence-corrected chi connectivity index (χ1v) is 7.84. The van der Waals surface area contributed by atoms with Crippen LogP contribution in [0.1, 0.15) is 50.7 Å². The SMILES string of the molecule is CCCCC(=O)NCc1ccc2c(c1)CCN2C(=O)CC. The van der Waals surface area contributed by atoms with Gasteiger partial charge < -0.3 is 10.2 Å². The van der Waals surface area contributed by atoms with E-state index in [4.69, 9.17) is 0 Å². The Balaban J connectivity index is 1.96. The molecule has 114 valence electrons. The van der Waals surface area contributed by atoms with Crippen LogP contribution in [0.2, 0.25) is 0 Å². The Morgan fingerprint density at radius 1 is 1.29 bits per heavy atom. The normalized spacial score (nSPS) is 13.1. The molecular formula is C17H24N2O2. The molecule has 0 atom stereocenters. The highest BCUT2D eigenvalue weighted by Gasteiger charge is 2.23. The predicted molar refractivity (Wildman–Crippen MR) is 84.2 cm³/mol. The molecule has 0 aliphatic carbocycles. The van der Waals surface area contributed by atoms with Crippen LogP contribution in [-0.4, -0.2) is 18.4 Å². The van der Waals surface area contributed by atoms with Crippen molar-refractivity contribution in [1.82, 2.24) is 5.32 Å². The third-order valence-corrected chi connectivity index (χ3v) is 3.89. The minimum absolute atomic E-state index is 0.111. The number of fused-ring (bicyclic) bond motifs is 1. The first-order chi connectivity index (χ1) is 10.2. The molecule has 2 rings (SSSR count). The van der Waals surface area contributed by atoms with Crippen molar-refractivity contribution in [2.75, 3.05) is 11.4 Å². The highest BCUT2D eigenvalue weighted by molar-refractivity contribution is 5.95. The first-order valence-electron chi connectivity index (χ1n) is 7.84. The molecule has 4 heteroatoms. The van der Waals surface area contributed by atoms with Crippen LogP contribution in [0.4, 0.5) is 5.69 Å². The zero-order valence-electron chi connectivity index (χ0n) is 12.9. The lowest BCUT2D eigenvalue weighted by atomic mass is 10.1. The van der Waals surface area contributed by atoms with Crippen molar-refractivity contribution in [3.63, 3.8) is 0 Å². The van der Waals surface area contributed by atoms with Crippen LogP contribution in [0.5, 0.6) is 0 Å². The van der Waals surface area contributed by atoms with Crippen molar-refractivity contribution in [2.45, 2.75) is 52.5 Å². The van der Waals surface area contributed by atoms with Gasteiger partial charge in [0.15, 0.2) is 0 Å². The van der Waals surface area contributed by atoms with Gasteiger partial charge in [-0.25, -0.2) is 0 Å². The van der Waals surface area contributed by atoms with E-state index in [-0.39, 0.29) is 11.8 Å². The van der Waals surface area contributed by atoms with Gasteiger partial charge in [-0.15, -0.1) is 0 Å². The number of amides is 2. The zero-order chi connectivity index (χ0) is 15.2. The van der Waals surface area contributed by atoms with E-state index in [1.807, 2.05) is 24.0 Å². The number of nitrogens with one attached hydrogen (secondary N) is 1. The quantitative estimate of drug-likeness (QED) is 0.875. The molecule has 1 aromatic carbocycles. The monoisotopic (exact) mass is 288 g/mol. The molecule has 1 aliphatic heterocycles. The number of carbonyl (C=O) groups is 2. The highest BCUT2D eigenvalue weighted by Crippen LogP contribution is 2.29. The molecule has 21 heavy (non-hydrogen) atoms. The highest BCUT2D eigenvalue weighted by atomic mass is 16.2. The number of hydrogen-bond acceptors (Lipinski definition) is 2. The number of hydrogen-bond donors (Lipinski definition) is 1. The number of unbranched alkanes of at least 4 members (excludes halogenated alkanes) is 1. The summed E-state index contributed by atoms with van der Waals surface area (Å²) < 4.78 is 0. The molecule has 1 N–H and O–H groups in total. The van der Waals surface area contributed by atoms with E-state index < -0.39 is 0 Å². The Labute approximate surface area is 126 Å². The van der Waals surface area contributed by atoms with Gasteiger partial charge in [0.1, 0.15) is 0 Å². The summed E-state index contributed by atoms with van der Waals surface area (Å²) in [5.41, 5.74) is 3.34. The summed E-state index contributed by atoms with van der Waals surface area (Å²) in [5, 5.41) is 2.95. The lowest BCUT2D eigenvalue weighted by Gasteiger charge is -2.16. The first kappa shape index (κ1) is 15.5. The number of carbonyl (C=O) groups excluding carboxylic acids is 2. The summed E-state index contributed by atoms with van der Waals surface area (Å²) in [5.74, 6) is 0.287. The summed E-state index contributed by atoms with van der Waals surface area (Å²) in [6, 6.07) is 6.11. The van der Waals surface area contributed by atoms with Crippen molar-refractivity contribution in [3.8, 4) is 0 Å². The summed E-state index contributed by atoms with van der Waals surface area (Å²) in [6.45, 7) is 5.31.